The van der Waals surface area contributed by atoms with Gasteiger partial charge in [0.05, 0.1) is 6.04 Å². The third-order valence-electron chi connectivity index (χ3n) is 12.8. The van der Waals surface area contributed by atoms with Crippen molar-refractivity contribution in [3.63, 3.8) is 0 Å². The van der Waals surface area contributed by atoms with E-state index >= 15 is 0 Å². The largest absolute Gasteiger partial charge is 0.445 e. The molecule has 2 saturated carbocycles. The molecule has 4 aliphatic rings. The van der Waals surface area contributed by atoms with Crippen LogP contribution >= 0.6 is 0 Å². The first-order chi connectivity index (χ1) is 29.0. The molecule has 61 heavy (non-hydrogen) atoms. The molecule has 15 nitrogen and oxygen atoms in total. The zero-order valence-corrected chi connectivity index (χ0v) is 36.5. The third-order valence-corrected chi connectivity index (χ3v) is 12.8. The molecule has 0 radical (unpaired) electrons. The number of benzene rings is 1. The van der Waals surface area contributed by atoms with Crippen molar-refractivity contribution in [3.8, 4) is 0 Å². The normalized spacial score (nSPS) is 22.6. The van der Waals surface area contributed by atoms with Crippen LogP contribution in [0.25, 0.3) is 0 Å². The van der Waals surface area contributed by atoms with E-state index in [9.17, 15) is 33.6 Å². The highest BCUT2D eigenvalue weighted by Crippen LogP contribution is 2.65. The van der Waals surface area contributed by atoms with E-state index in [1.807, 2.05) is 30.3 Å². The summed E-state index contributed by atoms with van der Waals surface area (Å²) in [5.41, 5.74) is -0.239. The topological polar surface area (TPSA) is 193 Å². The van der Waals surface area contributed by atoms with Gasteiger partial charge >= 0.3 is 12.2 Å². The predicted molar refractivity (Wildman–Crippen MR) is 228 cm³/mol. The highest BCUT2D eigenvalue weighted by molar-refractivity contribution is 6.38. The smallest absolute Gasteiger partial charge is 0.410 e. The Morgan fingerprint density at radius 1 is 0.869 bits per heavy atom. The van der Waals surface area contributed by atoms with Gasteiger partial charge in [-0.25, -0.2) is 9.59 Å². The molecule has 6 amide bonds. The summed E-state index contributed by atoms with van der Waals surface area (Å²) in [5, 5.41) is 11.2. The van der Waals surface area contributed by atoms with Gasteiger partial charge in [0.15, 0.2) is 0 Å². The first kappa shape index (κ1) is 46.8. The third kappa shape index (κ3) is 12.0. The second-order valence-corrected chi connectivity index (χ2v) is 18.6. The number of fused-ring (bicyclic) bond motifs is 1. The Morgan fingerprint density at radius 3 is 2.15 bits per heavy atom. The summed E-state index contributed by atoms with van der Waals surface area (Å²) >= 11 is 0. The van der Waals surface area contributed by atoms with Crippen LogP contribution in [0.1, 0.15) is 98.0 Å². The van der Waals surface area contributed by atoms with E-state index in [2.05, 4.69) is 48.3 Å². The number of amides is 6. The summed E-state index contributed by atoms with van der Waals surface area (Å²) in [6.45, 7) is 17.7. The fourth-order valence-corrected chi connectivity index (χ4v) is 9.36. The van der Waals surface area contributed by atoms with Crippen LogP contribution in [0.5, 0.6) is 0 Å². The first-order valence-electron chi connectivity index (χ1n) is 21.9. The number of ether oxygens (including phenoxy) is 2. The van der Waals surface area contributed by atoms with Crippen molar-refractivity contribution in [1.29, 1.82) is 0 Å². The Hall–Kier alpha value is -5.21. The molecule has 0 bridgehead atoms. The molecule has 0 spiro atoms. The number of nitrogens with zero attached hydrogens (tertiary/aromatic N) is 2. The maximum Gasteiger partial charge on any atom is 0.410 e. The van der Waals surface area contributed by atoms with Gasteiger partial charge in [0.1, 0.15) is 30.3 Å². The average molecular weight is 847 g/mol. The van der Waals surface area contributed by atoms with Gasteiger partial charge < -0.3 is 40.5 Å². The molecule has 2 aliphatic heterocycles. The van der Waals surface area contributed by atoms with E-state index in [0.717, 1.165) is 24.8 Å². The van der Waals surface area contributed by atoms with E-state index in [1.165, 1.54) is 6.08 Å². The number of carbonyl (C=O) groups is 7. The van der Waals surface area contributed by atoms with Gasteiger partial charge in [0.25, 0.3) is 5.91 Å². The molecule has 2 saturated heterocycles. The SMILES string of the molecule is C=CCC[C@H](NC(=O)[C@@H]1[C@@H]2[C@H](CN1C(=O)[C@@H](NC(=O)[C@H](NC(=O)OC(C)(C)C)C1CCN(C(=O)OCc3ccccc3)CC1)C1CCCCC1)C2(C)C)C(=O)C(=O)NCC=C. The molecule has 6 atom stereocenters. The van der Waals surface area contributed by atoms with E-state index in [0.29, 0.717) is 45.2 Å². The number of hydrogen-bond donors (Lipinski definition) is 4. The average Bonchev–Trinajstić information content (AvgIpc) is 3.52. The number of carbonyl (C=O) groups excluding carboxylic acids is 7. The van der Waals surface area contributed by atoms with Crippen LogP contribution in [-0.4, -0.2) is 107 Å². The summed E-state index contributed by atoms with van der Waals surface area (Å²) < 4.78 is 11.1. The molecule has 0 unspecified atom stereocenters. The minimum absolute atomic E-state index is 0.0132. The molecular weight excluding hydrogens is 781 g/mol. The minimum Gasteiger partial charge on any atom is -0.445 e. The highest BCUT2D eigenvalue weighted by atomic mass is 16.6. The molecule has 2 aliphatic carbocycles. The summed E-state index contributed by atoms with van der Waals surface area (Å²) in [6, 6.07) is 5.20. The maximum absolute atomic E-state index is 15.0. The van der Waals surface area contributed by atoms with Crippen LogP contribution in [0, 0.1) is 29.1 Å². The number of allylic oxidation sites excluding steroid dienone is 1. The molecule has 1 aromatic carbocycles. The summed E-state index contributed by atoms with van der Waals surface area (Å²) in [5.74, 6) is -3.93. The van der Waals surface area contributed by atoms with Crippen LogP contribution in [0.15, 0.2) is 55.6 Å². The Labute approximate surface area is 360 Å². The van der Waals surface area contributed by atoms with Crippen LogP contribution < -0.4 is 21.3 Å². The lowest BCUT2D eigenvalue weighted by Crippen LogP contribution is -2.62. The van der Waals surface area contributed by atoms with E-state index in [-0.39, 0.29) is 49.3 Å². The number of alkyl carbamates (subject to hydrolysis) is 1. The second-order valence-electron chi connectivity index (χ2n) is 18.6. The van der Waals surface area contributed by atoms with Gasteiger partial charge in [-0.05, 0) is 93.9 Å². The van der Waals surface area contributed by atoms with Crippen LogP contribution in [0.4, 0.5) is 9.59 Å². The molecule has 15 heteroatoms. The molecular formula is C46H66N6O9. The quantitative estimate of drug-likeness (QED) is 0.126. The molecule has 0 aromatic heterocycles. The monoisotopic (exact) mass is 846 g/mol. The molecule has 4 fully saturated rings. The Balaban J connectivity index is 1.36. The Bertz CT molecular complexity index is 1780. The number of likely N-dealkylation sites (tertiary alicyclic amines) is 2. The summed E-state index contributed by atoms with van der Waals surface area (Å²) in [7, 11) is 0. The number of rotatable bonds is 17. The highest BCUT2D eigenvalue weighted by Gasteiger charge is 2.70. The predicted octanol–water partition coefficient (Wildman–Crippen LogP) is 4.80. The number of hydrogen-bond acceptors (Lipinski definition) is 9. The standard InChI is InChI=1S/C46H66N6O9/c1-8-10-21-33(38(53)41(56)47-24-9-2)48-40(55)37-34-32(46(34,6)7)27-52(37)42(57)36(30-19-15-12-16-20-30)49-39(54)35(50-43(58)61-45(3,4)5)31-22-25-51(26-23-31)44(59)60-28-29-17-13-11-14-18-29/h8-9,11,13-14,17-18,30-37H,1-2,10,12,15-16,19-28H2,3-7H3,(H,47,56)(H,48,55)(H,49,54)(H,50,58)/t32-,33-,34-,35+,36-,37-/m0/s1. The second kappa shape index (κ2) is 20.6. The van der Waals surface area contributed by atoms with Crippen molar-refractivity contribution in [2.24, 2.45) is 29.1 Å². The first-order valence-corrected chi connectivity index (χ1v) is 21.9. The Morgan fingerprint density at radius 2 is 1.52 bits per heavy atom. The number of ketones is 1. The van der Waals surface area contributed by atoms with Gasteiger partial charge in [0, 0.05) is 26.2 Å². The fraction of sp³-hybridized carbons (Fsp3) is 0.630. The van der Waals surface area contributed by atoms with E-state index < -0.39 is 77.3 Å². The van der Waals surface area contributed by atoms with Crippen molar-refractivity contribution in [3.05, 3.63) is 61.2 Å². The zero-order valence-electron chi connectivity index (χ0n) is 36.5. The molecule has 4 N–H and O–H groups in total. The van der Waals surface area contributed by atoms with Gasteiger partial charge in [-0.2, -0.15) is 0 Å². The van der Waals surface area contributed by atoms with Crippen molar-refractivity contribution in [1.82, 2.24) is 31.1 Å². The van der Waals surface area contributed by atoms with Gasteiger partial charge in [-0.15, -0.1) is 13.2 Å². The van der Waals surface area contributed by atoms with Crippen LogP contribution in [0.3, 0.4) is 0 Å². The molecule has 334 valence electrons. The summed E-state index contributed by atoms with van der Waals surface area (Å²) in [4.78, 5) is 99.3. The van der Waals surface area contributed by atoms with Gasteiger partial charge in [0.2, 0.25) is 23.5 Å². The number of nitrogens with one attached hydrogen (secondary N) is 4. The van der Waals surface area contributed by atoms with Crippen molar-refractivity contribution in [2.45, 2.75) is 129 Å². The number of Topliss-reactive ketones (excluding diaryl/α,β-unsaturated/α-hetero) is 1. The molecule has 2 heterocycles. The minimum atomic E-state index is -1.14. The number of piperidine rings is 2. The van der Waals surface area contributed by atoms with E-state index in [4.69, 9.17) is 9.47 Å². The lowest BCUT2D eigenvalue weighted by Gasteiger charge is -2.39. The zero-order chi connectivity index (χ0) is 44.5. The van der Waals surface area contributed by atoms with Crippen LogP contribution in [-0.2, 0) is 40.1 Å². The maximum atomic E-state index is 15.0. The van der Waals surface area contributed by atoms with Crippen molar-refractivity contribution >= 4 is 41.6 Å². The van der Waals surface area contributed by atoms with E-state index in [1.54, 1.807) is 36.6 Å². The molecule has 1 aromatic rings. The molecule has 5 rings (SSSR count). The van der Waals surface area contributed by atoms with Gasteiger partial charge in [-0.1, -0.05) is 75.6 Å². The lowest BCUT2D eigenvalue weighted by atomic mass is 9.82. The lowest BCUT2D eigenvalue weighted by molar-refractivity contribution is -0.146. The summed E-state index contributed by atoms with van der Waals surface area (Å²) in [6.07, 6.45) is 7.17. The van der Waals surface area contributed by atoms with Crippen molar-refractivity contribution < 1.29 is 43.0 Å². The van der Waals surface area contributed by atoms with Crippen molar-refractivity contribution in [2.75, 3.05) is 26.2 Å². The van der Waals surface area contributed by atoms with Gasteiger partial charge in [-0.3, -0.25) is 24.0 Å². The fourth-order valence-electron chi connectivity index (χ4n) is 9.36. The Kier molecular flexibility index (Phi) is 15.8. The van der Waals surface area contributed by atoms with Crippen LogP contribution in [0.2, 0.25) is 0 Å².